The molecule has 4 aromatic carbocycles. The van der Waals surface area contributed by atoms with Gasteiger partial charge in [-0.25, -0.2) is 4.79 Å². The number of oxazole rings is 1. The van der Waals surface area contributed by atoms with Crippen LogP contribution in [0.2, 0.25) is 0 Å². The minimum atomic E-state index is -0.912. The highest BCUT2D eigenvalue weighted by Crippen LogP contribution is 2.43. The van der Waals surface area contributed by atoms with Crippen molar-refractivity contribution in [1.82, 2.24) is 9.88 Å². The Hall–Kier alpha value is -3.89. The number of hydrogen-bond acceptors (Lipinski definition) is 3. The summed E-state index contributed by atoms with van der Waals surface area (Å²) in [6, 6.07) is 33.7. The molecule has 0 aliphatic carbocycles. The van der Waals surface area contributed by atoms with E-state index in [-0.39, 0.29) is 5.76 Å². The Morgan fingerprint density at radius 3 is 1.92 bits per heavy atom. The molecule has 192 valence electrons. The zero-order valence-electron chi connectivity index (χ0n) is 22.3. The Bertz CT molecular complexity index is 1520. The minimum absolute atomic E-state index is 0.317. The summed E-state index contributed by atoms with van der Waals surface area (Å²) in [6.45, 7) is 7.43. The molecule has 5 aromatic rings. The van der Waals surface area contributed by atoms with Crippen molar-refractivity contribution >= 4 is 11.1 Å². The van der Waals surface area contributed by atoms with Gasteiger partial charge in [-0.05, 0) is 53.5 Å². The lowest BCUT2D eigenvalue weighted by molar-refractivity contribution is 0.438. The molecule has 0 fully saturated rings. The van der Waals surface area contributed by atoms with Crippen molar-refractivity contribution < 1.29 is 4.42 Å². The van der Waals surface area contributed by atoms with Crippen LogP contribution in [0.25, 0.3) is 11.1 Å². The van der Waals surface area contributed by atoms with Crippen LogP contribution in [0.3, 0.4) is 0 Å². The predicted octanol–water partition coefficient (Wildman–Crippen LogP) is 6.67. The number of aromatic nitrogens is 1. The van der Waals surface area contributed by atoms with Gasteiger partial charge >= 0.3 is 5.76 Å². The van der Waals surface area contributed by atoms with Gasteiger partial charge in [-0.15, -0.1) is 0 Å². The molecule has 6 rings (SSSR count). The van der Waals surface area contributed by atoms with Gasteiger partial charge in [0.05, 0.1) is 5.52 Å². The number of fused-ring (bicyclic) bond motifs is 3. The second kappa shape index (κ2) is 9.77. The predicted molar refractivity (Wildman–Crippen MR) is 154 cm³/mol. The van der Waals surface area contributed by atoms with Crippen LogP contribution in [-0.4, -0.2) is 10.6 Å². The van der Waals surface area contributed by atoms with E-state index < -0.39 is 5.54 Å². The van der Waals surface area contributed by atoms with Crippen LogP contribution in [0.4, 0.5) is 0 Å². The zero-order chi connectivity index (χ0) is 26.3. The summed E-state index contributed by atoms with van der Waals surface area (Å²) in [5.41, 5.74) is 7.33. The molecular formula is C34H34N2O2. The van der Waals surface area contributed by atoms with E-state index in [2.05, 4.69) is 68.6 Å². The van der Waals surface area contributed by atoms with Crippen molar-refractivity contribution in [2.24, 2.45) is 5.92 Å². The highest BCUT2D eigenvalue weighted by atomic mass is 16.4. The number of rotatable bonds is 6. The molecule has 0 radical (unpaired) electrons. The van der Waals surface area contributed by atoms with E-state index in [0.29, 0.717) is 12.0 Å². The molecule has 1 aromatic heterocycles. The van der Waals surface area contributed by atoms with E-state index in [9.17, 15) is 4.79 Å². The monoisotopic (exact) mass is 502 g/mol. The smallest absolute Gasteiger partial charge is 0.407 e. The normalized spacial score (nSPS) is 15.6. The fourth-order valence-electron chi connectivity index (χ4n) is 6.25. The number of nitrogens with zero attached hydrogens (tertiary/aromatic N) is 1. The first-order chi connectivity index (χ1) is 18.5. The van der Waals surface area contributed by atoms with Crippen molar-refractivity contribution in [2.75, 3.05) is 0 Å². The van der Waals surface area contributed by atoms with Crippen molar-refractivity contribution in [1.29, 1.82) is 0 Å². The molecule has 0 bridgehead atoms. The van der Waals surface area contributed by atoms with Crippen molar-refractivity contribution in [2.45, 2.75) is 51.7 Å². The van der Waals surface area contributed by atoms with Crippen LogP contribution in [0, 0.1) is 5.92 Å². The maximum atomic E-state index is 14.3. The minimum Gasteiger partial charge on any atom is -0.407 e. The maximum Gasteiger partial charge on any atom is 0.421 e. The Labute approximate surface area is 223 Å². The Morgan fingerprint density at radius 1 is 0.895 bits per heavy atom. The molecule has 2 heterocycles. The summed E-state index contributed by atoms with van der Waals surface area (Å²) < 4.78 is 8.27. The molecule has 0 spiro atoms. The molecule has 1 aliphatic heterocycles. The average molecular weight is 503 g/mol. The third kappa shape index (κ3) is 3.91. The van der Waals surface area contributed by atoms with E-state index in [0.717, 1.165) is 58.3 Å². The largest absolute Gasteiger partial charge is 0.421 e. The molecule has 38 heavy (non-hydrogen) atoms. The van der Waals surface area contributed by atoms with Gasteiger partial charge in [0.15, 0.2) is 5.58 Å². The van der Waals surface area contributed by atoms with Gasteiger partial charge in [-0.2, -0.15) is 0 Å². The first-order valence-electron chi connectivity index (χ1n) is 13.6. The van der Waals surface area contributed by atoms with Crippen LogP contribution >= 0.6 is 0 Å². The van der Waals surface area contributed by atoms with E-state index in [1.807, 2.05) is 59.2 Å². The van der Waals surface area contributed by atoms with Crippen LogP contribution < -0.4 is 11.1 Å². The van der Waals surface area contributed by atoms with E-state index in [1.54, 1.807) is 0 Å². The third-order valence-corrected chi connectivity index (χ3v) is 7.81. The summed E-state index contributed by atoms with van der Waals surface area (Å²) >= 11 is 0. The van der Waals surface area contributed by atoms with Gasteiger partial charge in [0, 0.05) is 18.2 Å². The van der Waals surface area contributed by atoms with Gasteiger partial charge in [0.1, 0.15) is 5.54 Å². The van der Waals surface area contributed by atoms with Crippen LogP contribution in [0.1, 0.15) is 54.2 Å². The molecule has 4 heteroatoms. The summed E-state index contributed by atoms with van der Waals surface area (Å²) in [5, 5.41) is 3.59. The third-order valence-electron chi connectivity index (χ3n) is 7.81. The van der Waals surface area contributed by atoms with E-state index in [1.165, 1.54) is 5.56 Å². The van der Waals surface area contributed by atoms with Gasteiger partial charge in [0.2, 0.25) is 0 Å². The molecule has 1 N–H and O–H groups in total. The lowest BCUT2D eigenvalue weighted by atomic mass is 9.76. The van der Waals surface area contributed by atoms with E-state index >= 15 is 0 Å². The topological polar surface area (TPSA) is 47.2 Å². The number of benzene rings is 4. The molecule has 0 saturated carbocycles. The average Bonchev–Trinajstić information content (AvgIpc) is 3.29. The second-order valence-corrected chi connectivity index (χ2v) is 10.9. The Balaban J connectivity index is 1.82. The quantitative estimate of drug-likeness (QED) is 0.264. The van der Waals surface area contributed by atoms with Crippen molar-refractivity contribution in [3.63, 3.8) is 0 Å². The SMILES string of the molecule is CC(C)Cc1cc2c(c3oc(=O)n(C(c4ccccc4)(c4ccccc4)c4ccccc4)c13)CC(C)NC2. The fourth-order valence-corrected chi connectivity index (χ4v) is 6.25. The number of hydrogen-bond donors (Lipinski definition) is 1. The first-order valence-corrected chi connectivity index (χ1v) is 13.6. The molecule has 1 unspecified atom stereocenters. The maximum absolute atomic E-state index is 14.3. The van der Waals surface area contributed by atoms with Crippen LogP contribution in [0.5, 0.6) is 0 Å². The van der Waals surface area contributed by atoms with Crippen molar-refractivity contribution in [3.8, 4) is 0 Å². The fraction of sp³-hybridized carbons (Fsp3) is 0.265. The first kappa shape index (κ1) is 24.4. The lowest BCUT2D eigenvalue weighted by Crippen LogP contribution is -2.43. The van der Waals surface area contributed by atoms with Crippen molar-refractivity contribution in [3.05, 3.63) is 141 Å². The Kier molecular flexibility index (Phi) is 6.29. The number of nitrogens with one attached hydrogen (secondary N) is 1. The Morgan fingerprint density at radius 2 is 1.42 bits per heavy atom. The summed E-state index contributed by atoms with van der Waals surface area (Å²) in [4.78, 5) is 14.3. The second-order valence-electron chi connectivity index (χ2n) is 10.9. The molecule has 1 atom stereocenters. The van der Waals surface area contributed by atoms with Gasteiger partial charge in [-0.1, -0.05) is 111 Å². The molecular weight excluding hydrogens is 468 g/mol. The molecule has 4 nitrogen and oxygen atoms in total. The van der Waals surface area contributed by atoms with E-state index in [4.69, 9.17) is 4.42 Å². The standard InChI is InChI=1S/C34H34N2O2/c1-23(2)19-25-21-26-22-35-24(3)20-30(26)32-31(25)36(33(37)38-32)34(27-13-7-4-8-14-27,28-15-9-5-10-16-28)29-17-11-6-12-18-29/h4-18,21,23-24,35H,19-20,22H2,1-3H3. The summed E-state index contributed by atoms with van der Waals surface area (Å²) in [6.07, 6.45) is 1.68. The lowest BCUT2D eigenvalue weighted by Gasteiger charge is -2.37. The zero-order valence-corrected chi connectivity index (χ0v) is 22.3. The van der Waals surface area contributed by atoms with Crippen LogP contribution in [0.15, 0.2) is 106 Å². The summed E-state index contributed by atoms with van der Waals surface area (Å²) in [7, 11) is 0. The summed E-state index contributed by atoms with van der Waals surface area (Å²) in [5.74, 6) is 0.0888. The van der Waals surface area contributed by atoms with Gasteiger partial charge < -0.3 is 9.73 Å². The molecule has 1 aliphatic rings. The highest BCUT2D eigenvalue weighted by Gasteiger charge is 2.42. The van der Waals surface area contributed by atoms with Crippen LogP contribution in [-0.2, 0) is 24.9 Å². The molecule has 0 amide bonds. The molecule has 0 saturated heterocycles. The highest BCUT2D eigenvalue weighted by molar-refractivity contribution is 5.84. The van der Waals surface area contributed by atoms with Gasteiger partial charge in [0.25, 0.3) is 0 Å². The van der Waals surface area contributed by atoms with Gasteiger partial charge in [-0.3, -0.25) is 4.57 Å².